The molecule has 0 radical (unpaired) electrons. The van der Waals surface area contributed by atoms with E-state index in [1.807, 2.05) is 96.0 Å². The first-order valence-electron chi connectivity index (χ1n) is 21.0. The number of pyridine rings is 1. The van der Waals surface area contributed by atoms with Gasteiger partial charge in [-0.1, -0.05) is 85.2 Å². The predicted octanol–water partition coefficient (Wildman–Crippen LogP) is 4.41. The van der Waals surface area contributed by atoms with Gasteiger partial charge in [0.25, 0.3) is 0 Å². The standard InChI is InChI=1S/C45H70N6O8/c1-12-30(6)40(50(9)44(55)38(28(2)3)48-43(54)39(29(4)5)49(8)27-33-20-22-46-23-21-33)36(58-10)26-37(52)51-24-16-19-35(51)41(59-11)31(7)42(53)47-34(45(56)57)25-32-17-14-13-15-18-32/h13-15,17-18,20-23,28-31,34-36,38-41H,12,16,19,24-27H2,1-11H3,(H,47,53)(H,48,54)(H,56,57). The highest BCUT2D eigenvalue weighted by molar-refractivity contribution is 5.90. The molecule has 1 saturated heterocycles. The van der Waals surface area contributed by atoms with Gasteiger partial charge in [0.2, 0.25) is 23.6 Å². The first-order valence-corrected chi connectivity index (χ1v) is 21.0. The smallest absolute Gasteiger partial charge is 0.326 e. The number of carboxylic acids is 1. The van der Waals surface area contributed by atoms with Crippen molar-refractivity contribution in [3.63, 3.8) is 0 Å². The topological polar surface area (TPSA) is 171 Å². The Morgan fingerprint density at radius 3 is 2.07 bits per heavy atom. The Bertz CT molecular complexity index is 1650. The monoisotopic (exact) mass is 823 g/mol. The van der Waals surface area contributed by atoms with Crippen LogP contribution in [0.1, 0.15) is 85.3 Å². The number of rotatable bonds is 23. The molecule has 1 aromatic carbocycles. The van der Waals surface area contributed by atoms with Gasteiger partial charge in [-0.05, 0) is 60.9 Å². The molecule has 2 aromatic rings. The van der Waals surface area contributed by atoms with E-state index in [9.17, 15) is 29.1 Å². The number of carboxylic acid groups (broad SMARTS) is 1. The Hall–Kier alpha value is -4.40. The zero-order chi connectivity index (χ0) is 44.0. The minimum atomic E-state index is -1.14. The number of nitrogens with zero attached hydrogens (tertiary/aromatic N) is 4. The van der Waals surface area contributed by atoms with Crippen molar-refractivity contribution in [2.24, 2.45) is 23.7 Å². The first kappa shape index (κ1) is 49.0. The highest BCUT2D eigenvalue weighted by Crippen LogP contribution is 2.30. The van der Waals surface area contributed by atoms with Crippen LogP contribution < -0.4 is 10.6 Å². The van der Waals surface area contributed by atoms with Crippen LogP contribution >= 0.6 is 0 Å². The predicted molar refractivity (Wildman–Crippen MR) is 227 cm³/mol. The van der Waals surface area contributed by atoms with Gasteiger partial charge >= 0.3 is 5.97 Å². The average molecular weight is 823 g/mol. The number of likely N-dealkylation sites (N-methyl/N-ethyl adjacent to an activating group) is 2. The van der Waals surface area contributed by atoms with Crippen LogP contribution in [-0.4, -0.2) is 132 Å². The second-order valence-electron chi connectivity index (χ2n) is 16.9. The number of nitrogens with one attached hydrogen (secondary N) is 2. The van der Waals surface area contributed by atoms with Crippen molar-refractivity contribution in [3.05, 3.63) is 66.0 Å². The van der Waals surface area contributed by atoms with Gasteiger partial charge in [-0.3, -0.25) is 29.1 Å². The molecule has 3 N–H and O–H groups in total. The second kappa shape index (κ2) is 23.4. The van der Waals surface area contributed by atoms with Gasteiger partial charge in [0, 0.05) is 53.2 Å². The minimum Gasteiger partial charge on any atom is -0.480 e. The lowest BCUT2D eigenvalue weighted by atomic mass is 9.89. The van der Waals surface area contributed by atoms with Crippen LogP contribution in [0.15, 0.2) is 54.9 Å². The van der Waals surface area contributed by atoms with E-state index >= 15 is 0 Å². The van der Waals surface area contributed by atoms with Crippen LogP contribution in [0.25, 0.3) is 0 Å². The Morgan fingerprint density at radius 2 is 1.53 bits per heavy atom. The van der Waals surface area contributed by atoms with Gasteiger partial charge in [0.15, 0.2) is 0 Å². The summed E-state index contributed by atoms with van der Waals surface area (Å²) >= 11 is 0. The summed E-state index contributed by atoms with van der Waals surface area (Å²) in [6, 6.07) is 9.54. The number of carbonyl (C=O) groups excluding carboxylic acids is 4. The van der Waals surface area contributed by atoms with Crippen molar-refractivity contribution in [2.75, 3.05) is 34.9 Å². The first-order chi connectivity index (χ1) is 28.0. The number of aliphatic carboxylic acids is 1. The summed E-state index contributed by atoms with van der Waals surface area (Å²) in [5, 5.41) is 15.7. The van der Waals surface area contributed by atoms with E-state index < -0.39 is 60.2 Å². The molecule has 0 aliphatic carbocycles. The van der Waals surface area contributed by atoms with Crippen LogP contribution in [-0.2, 0) is 46.4 Å². The number of hydrogen-bond acceptors (Lipinski definition) is 9. The van der Waals surface area contributed by atoms with Crippen molar-refractivity contribution in [3.8, 4) is 0 Å². The zero-order valence-corrected chi connectivity index (χ0v) is 37.1. The minimum absolute atomic E-state index is 0.0251. The van der Waals surface area contributed by atoms with E-state index in [1.54, 1.807) is 43.3 Å². The number of methoxy groups -OCH3 is 2. The molecule has 1 aromatic heterocycles. The van der Waals surface area contributed by atoms with Crippen molar-refractivity contribution < 1.29 is 38.6 Å². The van der Waals surface area contributed by atoms with E-state index in [-0.39, 0.29) is 48.3 Å². The molecule has 1 aliphatic heterocycles. The highest BCUT2D eigenvalue weighted by atomic mass is 16.5. The molecule has 0 spiro atoms. The number of carbonyl (C=O) groups is 5. The maximum atomic E-state index is 14.5. The number of hydrogen-bond donors (Lipinski definition) is 3. The van der Waals surface area contributed by atoms with Crippen molar-refractivity contribution in [2.45, 2.75) is 130 Å². The molecule has 59 heavy (non-hydrogen) atoms. The van der Waals surface area contributed by atoms with Crippen molar-refractivity contribution >= 4 is 29.6 Å². The summed E-state index contributed by atoms with van der Waals surface area (Å²) in [6.45, 7) is 14.5. The number of likely N-dealkylation sites (tertiary alicyclic amines) is 1. The summed E-state index contributed by atoms with van der Waals surface area (Å²) in [5.41, 5.74) is 1.81. The van der Waals surface area contributed by atoms with Crippen molar-refractivity contribution in [1.82, 2.24) is 30.3 Å². The summed E-state index contributed by atoms with van der Waals surface area (Å²) < 4.78 is 11.9. The molecule has 3 rings (SSSR count). The molecule has 9 unspecified atom stereocenters. The summed E-state index contributed by atoms with van der Waals surface area (Å²) in [6.07, 6.45) is 4.18. The quantitative estimate of drug-likeness (QED) is 0.146. The van der Waals surface area contributed by atoms with Crippen LogP contribution in [0, 0.1) is 23.7 Å². The van der Waals surface area contributed by atoms with Crippen LogP contribution in [0.3, 0.4) is 0 Å². The van der Waals surface area contributed by atoms with Gasteiger partial charge in [0.05, 0.1) is 42.7 Å². The third-order valence-electron chi connectivity index (χ3n) is 11.9. The van der Waals surface area contributed by atoms with Gasteiger partial charge in [-0.15, -0.1) is 0 Å². The maximum absolute atomic E-state index is 14.5. The van der Waals surface area contributed by atoms with E-state index in [0.29, 0.717) is 32.4 Å². The zero-order valence-electron chi connectivity index (χ0n) is 37.1. The SMILES string of the molecule is CCC(C)C(C(CC(=O)N1CCCC1C(OC)C(C)C(=O)NC(Cc1ccccc1)C(=O)O)OC)N(C)C(=O)C(NC(=O)C(C(C)C)N(C)Cc1ccncc1)C(C)C. The third-order valence-corrected chi connectivity index (χ3v) is 11.9. The Balaban J connectivity index is 1.78. The summed E-state index contributed by atoms with van der Waals surface area (Å²) in [4.78, 5) is 77.9. The fourth-order valence-corrected chi connectivity index (χ4v) is 8.52. The molecular weight excluding hydrogens is 753 g/mol. The Kier molecular flexibility index (Phi) is 19.4. The molecule has 328 valence electrons. The number of ether oxygens (including phenoxy) is 2. The molecule has 9 atom stereocenters. The lowest BCUT2D eigenvalue weighted by molar-refractivity contribution is -0.148. The molecule has 1 aliphatic rings. The van der Waals surface area contributed by atoms with Crippen LogP contribution in [0.2, 0.25) is 0 Å². The van der Waals surface area contributed by atoms with Gasteiger partial charge in [-0.2, -0.15) is 0 Å². The maximum Gasteiger partial charge on any atom is 0.326 e. The Morgan fingerprint density at radius 1 is 0.881 bits per heavy atom. The van der Waals surface area contributed by atoms with E-state index in [1.165, 1.54) is 7.11 Å². The number of benzene rings is 1. The third kappa shape index (κ3) is 13.3. The normalized spacial score (nSPS) is 18.4. The molecule has 2 heterocycles. The summed E-state index contributed by atoms with van der Waals surface area (Å²) in [7, 11) is 6.66. The Labute approximate surface area is 351 Å². The molecule has 1 fully saturated rings. The fourth-order valence-electron chi connectivity index (χ4n) is 8.52. The van der Waals surface area contributed by atoms with E-state index in [0.717, 1.165) is 11.1 Å². The van der Waals surface area contributed by atoms with E-state index in [4.69, 9.17) is 9.47 Å². The lowest BCUT2D eigenvalue weighted by Crippen LogP contribution is -2.60. The molecule has 14 nitrogen and oxygen atoms in total. The molecule has 4 amide bonds. The van der Waals surface area contributed by atoms with Gasteiger partial charge in [-0.25, -0.2) is 4.79 Å². The largest absolute Gasteiger partial charge is 0.480 e. The van der Waals surface area contributed by atoms with Crippen LogP contribution in [0.5, 0.6) is 0 Å². The number of aromatic nitrogens is 1. The fraction of sp³-hybridized carbons (Fsp3) is 0.644. The molecular formula is C45H70N6O8. The lowest BCUT2D eigenvalue weighted by Gasteiger charge is -2.41. The van der Waals surface area contributed by atoms with Crippen molar-refractivity contribution in [1.29, 1.82) is 0 Å². The molecule has 0 bridgehead atoms. The second-order valence-corrected chi connectivity index (χ2v) is 16.9. The van der Waals surface area contributed by atoms with Crippen LogP contribution in [0.4, 0.5) is 0 Å². The van der Waals surface area contributed by atoms with Gasteiger partial charge in [0.1, 0.15) is 12.1 Å². The van der Waals surface area contributed by atoms with Gasteiger partial charge < -0.3 is 35.0 Å². The number of amides is 4. The average Bonchev–Trinajstić information content (AvgIpc) is 3.69. The summed E-state index contributed by atoms with van der Waals surface area (Å²) in [5.74, 6) is -3.41. The molecule has 14 heteroatoms. The molecule has 0 saturated carbocycles. The van der Waals surface area contributed by atoms with E-state index in [2.05, 4.69) is 15.6 Å². The highest BCUT2D eigenvalue weighted by Gasteiger charge is 2.43.